The molecule has 3 saturated carbocycles. The van der Waals surface area contributed by atoms with Crippen LogP contribution in [0.5, 0.6) is 0 Å². The molecule has 0 heterocycles. The molecule has 2 heteroatoms. The van der Waals surface area contributed by atoms with Gasteiger partial charge in [0.25, 0.3) is 0 Å². The van der Waals surface area contributed by atoms with Gasteiger partial charge in [0.2, 0.25) is 0 Å². The van der Waals surface area contributed by atoms with Gasteiger partial charge in [0.05, 0.1) is 11.2 Å². The summed E-state index contributed by atoms with van der Waals surface area (Å²) in [5.41, 5.74) is 1.12. The summed E-state index contributed by atoms with van der Waals surface area (Å²) >= 11 is 0. The first kappa shape index (κ1) is 22.6. The predicted molar refractivity (Wildman–Crippen MR) is 125 cm³/mol. The second kappa shape index (κ2) is 7.48. The Morgan fingerprint density at radius 1 is 1.17 bits per heavy atom. The fourth-order valence-electron chi connectivity index (χ4n) is 8.60. The van der Waals surface area contributed by atoms with Crippen molar-refractivity contribution in [3.63, 3.8) is 0 Å². The molecule has 4 rings (SSSR count). The number of fused-ring (bicyclic) bond motifs is 5. The molecule has 3 fully saturated rings. The summed E-state index contributed by atoms with van der Waals surface area (Å²) in [5.74, 6) is 3.93. The van der Waals surface area contributed by atoms with Gasteiger partial charge in [-0.05, 0) is 118 Å². The molecule has 0 saturated heterocycles. The minimum Gasteiger partial charge on any atom is -0.390 e. The van der Waals surface area contributed by atoms with E-state index in [2.05, 4.69) is 33.4 Å². The lowest BCUT2D eigenvalue weighted by Gasteiger charge is -2.59. The quantitative estimate of drug-likeness (QED) is 0.493. The van der Waals surface area contributed by atoms with Gasteiger partial charge in [-0.25, -0.2) is 0 Å². The first-order chi connectivity index (χ1) is 13.9. The van der Waals surface area contributed by atoms with Gasteiger partial charge in [-0.2, -0.15) is 0 Å². The number of aliphatic hydroxyl groups is 2. The smallest absolute Gasteiger partial charge is 0.0797 e. The van der Waals surface area contributed by atoms with E-state index >= 15 is 0 Å². The largest absolute Gasteiger partial charge is 0.390 e. The SMILES string of the molecule is C=C[C@](C)(O)CC[C@@H](C)C1CC[C@H]2[C@@H]3CC=C4C[C@@](C)(O)CC[C@]4(C)[C@H]3CC[C@]12C. The van der Waals surface area contributed by atoms with Crippen LogP contribution in [0.2, 0.25) is 0 Å². The molecule has 0 aliphatic heterocycles. The molecule has 4 aliphatic rings. The molecule has 0 spiro atoms. The number of hydrogen-bond donors (Lipinski definition) is 2. The molecule has 4 aliphatic carbocycles. The lowest BCUT2D eigenvalue weighted by atomic mass is 9.46. The van der Waals surface area contributed by atoms with Gasteiger partial charge < -0.3 is 10.2 Å². The number of rotatable bonds is 5. The third-order valence-electron chi connectivity index (χ3n) is 10.7. The molecule has 30 heavy (non-hydrogen) atoms. The van der Waals surface area contributed by atoms with Crippen LogP contribution in [-0.2, 0) is 0 Å². The Hall–Kier alpha value is -0.600. The minimum absolute atomic E-state index is 0.318. The van der Waals surface area contributed by atoms with Gasteiger partial charge in [-0.1, -0.05) is 38.5 Å². The topological polar surface area (TPSA) is 40.5 Å². The van der Waals surface area contributed by atoms with Gasteiger partial charge in [-0.3, -0.25) is 0 Å². The molecular weight excluding hydrogens is 368 g/mol. The van der Waals surface area contributed by atoms with Crippen LogP contribution in [0.4, 0.5) is 0 Å². The summed E-state index contributed by atoms with van der Waals surface area (Å²) in [6.07, 6.45) is 15.9. The molecule has 2 N–H and O–H groups in total. The Morgan fingerprint density at radius 2 is 1.90 bits per heavy atom. The Balaban J connectivity index is 1.51. The van der Waals surface area contributed by atoms with Crippen LogP contribution in [0.15, 0.2) is 24.3 Å². The van der Waals surface area contributed by atoms with Crippen molar-refractivity contribution < 1.29 is 10.2 Å². The van der Waals surface area contributed by atoms with Crippen LogP contribution >= 0.6 is 0 Å². The van der Waals surface area contributed by atoms with Gasteiger partial charge in [-0.15, -0.1) is 6.58 Å². The van der Waals surface area contributed by atoms with E-state index in [1.165, 1.54) is 32.1 Å². The Bertz CT molecular complexity index is 703. The maximum atomic E-state index is 10.7. The van der Waals surface area contributed by atoms with E-state index in [4.69, 9.17) is 0 Å². The second-order valence-corrected chi connectivity index (χ2v) is 12.7. The first-order valence-corrected chi connectivity index (χ1v) is 12.7. The maximum absolute atomic E-state index is 10.7. The zero-order valence-corrected chi connectivity index (χ0v) is 20.2. The van der Waals surface area contributed by atoms with Crippen LogP contribution < -0.4 is 0 Å². The minimum atomic E-state index is -0.730. The number of hydrogen-bond acceptors (Lipinski definition) is 2. The molecule has 0 bridgehead atoms. The summed E-state index contributed by atoms with van der Waals surface area (Å²) in [6, 6.07) is 0. The molecule has 9 atom stereocenters. The summed E-state index contributed by atoms with van der Waals surface area (Å²) < 4.78 is 0. The van der Waals surface area contributed by atoms with Crippen LogP contribution in [0.3, 0.4) is 0 Å². The first-order valence-electron chi connectivity index (χ1n) is 12.7. The van der Waals surface area contributed by atoms with Gasteiger partial charge in [0.1, 0.15) is 0 Å². The second-order valence-electron chi connectivity index (χ2n) is 12.7. The summed E-state index contributed by atoms with van der Waals surface area (Å²) in [7, 11) is 0. The van der Waals surface area contributed by atoms with Crippen molar-refractivity contribution in [2.45, 2.75) is 110 Å². The highest BCUT2D eigenvalue weighted by Gasteiger charge is 2.59. The molecule has 0 aromatic rings. The Morgan fingerprint density at radius 3 is 2.60 bits per heavy atom. The van der Waals surface area contributed by atoms with E-state index in [-0.39, 0.29) is 0 Å². The van der Waals surface area contributed by atoms with E-state index < -0.39 is 11.2 Å². The highest BCUT2D eigenvalue weighted by molar-refractivity contribution is 5.26. The average molecular weight is 415 g/mol. The van der Waals surface area contributed by atoms with E-state index in [0.29, 0.717) is 16.7 Å². The van der Waals surface area contributed by atoms with Crippen molar-refractivity contribution in [1.82, 2.24) is 0 Å². The summed E-state index contributed by atoms with van der Waals surface area (Å²) in [6.45, 7) is 15.3. The fraction of sp³-hybridized carbons (Fsp3) is 0.857. The molecule has 0 radical (unpaired) electrons. The molecule has 0 amide bonds. The molecule has 170 valence electrons. The van der Waals surface area contributed by atoms with Gasteiger partial charge >= 0.3 is 0 Å². The van der Waals surface area contributed by atoms with Gasteiger partial charge in [0.15, 0.2) is 0 Å². The lowest BCUT2D eigenvalue weighted by molar-refractivity contribution is -0.0711. The van der Waals surface area contributed by atoms with Crippen molar-refractivity contribution in [3.8, 4) is 0 Å². The van der Waals surface area contributed by atoms with Crippen molar-refractivity contribution >= 4 is 0 Å². The molecule has 1 unspecified atom stereocenters. The van der Waals surface area contributed by atoms with E-state index in [1.807, 2.05) is 13.8 Å². The molecule has 0 aromatic heterocycles. The summed E-state index contributed by atoms with van der Waals surface area (Å²) in [4.78, 5) is 0. The number of allylic oxidation sites excluding steroid dienone is 1. The third-order valence-corrected chi connectivity index (χ3v) is 10.7. The van der Waals surface area contributed by atoms with Crippen molar-refractivity contribution in [2.24, 2.45) is 40.4 Å². The average Bonchev–Trinajstić information content (AvgIpc) is 3.04. The van der Waals surface area contributed by atoms with Crippen molar-refractivity contribution in [1.29, 1.82) is 0 Å². The van der Waals surface area contributed by atoms with E-state index in [1.54, 1.807) is 11.6 Å². The predicted octanol–water partition coefficient (Wildman–Crippen LogP) is 6.67. The van der Waals surface area contributed by atoms with Crippen molar-refractivity contribution in [3.05, 3.63) is 24.3 Å². The highest BCUT2D eigenvalue weighted by Crippen LogP contribution is 2.67. The Kier molecular flexibility index (Phi) is 5.63. The van der Waals surface area contributed by atoms with Crippen LogP contribution in [0, 0.1) is 40.4 Å². The highest BCUT2D eigenvalue weighted by atomic mass is 16.3. The Labute approximate surface area is 185 Å². The van der Waals surface area contributed by atoms with Gasteiger partial charge in [0, 0.05) is 0 Å². The van der Waals surface area contributed by atoms with Crippen LogP contribution in [0.25, 0.3) is 0 Å². The van der Waals surface area contributed by atoms with Crippen LogP contribution in [-0.4, -0.2) is 21.4 Å². The lowest BCUT2D eigenvalue weighted by Crippen LogP contribution is -2.52. The third kappa shape index (κ3) is 3.64. The standard InChI is InChI=1S/C28H46O2/c1-7-25(3,29)14-12-19(2)22-10-11-23-21-9-8-20-18-26(4,30)16-17-27(20,5)24(21)13-15-28(22,23)6/h7-8,19,21-24,29-30H,1,9-18H2,2-6H3/t19-,21+,22?,23+,24+,25+,26+,27+,28-/m1/s1. The molecule has 0 aromatic carbocycles. The normalized spacial score (nSPS) is 48.6. The van der Waals surface area contributed by atoms with E-state index in [0.717, 1.165) is 55.8 Å². The molecular formula is C28H46O2. The molecule has 2 nitrogen and oxygen atoms in total. The zero-order valence-electron chi connectivity index (χ0n) is 20.2. The van der Waals surface area contributed by atoms with Crippen LogP contribution in [0.1, 0.15) is 98.8 Å². The van der Waals surface area contributed by atoms with Crippen molar-refractivity contribution in [2.75, 3.05) is 0 Å². The monoisotopic (exact) mass is 414 g/mol. The zero-order chi connectivity index (χ0) is 21.9. The summed E-state index contributed by atoms with van der Waals surface area (Å²) in [5, 5.41) is 21.1. The maximum Gasteiger partial charge on any atom is 0.0797 e. The van der Waals surface area contributed by atoms with E-state index in [9.17, 15) is 10.2 Å². The fourth-order valence-corrected chi connectivity index (χ4v) is 8.60.